The van der Waals surface area contributed by atoms with Crippen LogP contribution in [0, 0.1) is 13.8 Å². The zero-order chi connectivity index (χ0) is 27.0. The van der Waals surface area contributed by atoms with Crippen LogP contribution < -0.4 is 19.6 Å². The number of rotatable bonds is 8. The Morgan fingerprint density at radius 3 is 2.37 bits per heavy atom. The van der Waals surface area contributed by atoms with Gasteiger partial charge in [-0.1, -0.05) is 24.3 Å². The van der Waals surface area contributed by atoms with Gasteiger partial charge in [0.1, 0.15) is 11.3 Å². The molecule has 1 aliphatic heterocycles. The minimum absolute atomic E-state index is 0.0991. The zero-order valence-electron chi connectivity index (χ0n) is 22.3. The molecule has 2 heterocycles. The molecule has 38 heavy (non-hydrogen) atoms. The second-order valence-electron chi connectivity index (χ2n) is 9.47. The topological polar surface area (TPSA) is 78.2 Å². The van der Waals surface area contributed by atoms with E-state index in [4.69, 9.17) is 18.6 Å². The summed E-state index contributed by atoms with van der Waals surface area (Å²) in [4.78, 5) is 29.5. The fourth-order valence-electron chi connectivity index (χ4n) is 5.22. The number of hydrogen-bond acceptors (Lipinski definition) is 6. The molecule has 3 aromatic carbocycles. The average Bonchev–Trinajstić information content (AvgIpc) is 3.20. The lowest BCUT2D eigenvalue weighted by molar-refractivity contribution is 0.0730. The zero-order valence-corrected chi connectivity index (χ0v) is 22.3. The first-order valence-corrected chi connectivity index (χ1v) is 12.7. The Kier molecular flexibility index (Phi) is 6.85. The van der Waals surface area contributed by atoms with Gasteiger partial charge in [-0.15, -0.1) is 0 Å². The van der Waals surface area contributed by atoms with Gasteiger partial charge in [0.25, 0.3) is 5.91 Å². The number of aryl methyl sites for hydroxylation is 2. The van der Waals surface area contributed by atoms with Gasteiger partial charge in [0.05, 0.1) is 37.8 Å². The molecule has 1 amide bonds. The molecule has 196 valence electrons. The summed E-state index contributed by atoms with van der Waals surface area (Å²) in [6, 6.07) is 16.4. The van der Waals surface area contributed by atoms with Gasteiger partial charge in [0.15, 0.2) is 16.9 Å². The molecule has 0 aliphatic carbocycles. The largest absolute Gasteiger partial charge is 0.497 e. The van der Waals surface area contributed by atoms with Gasteiger partial charge in [-0.2, -0.15) is 0 Å². The summed E-state index contributed by atoms with van der Waals surface area (Å²) < 4.78 is 22.8. The van der Waals surface area contributed by atoms with Crippen LogP contribution in [0.1, 0.15) is 51.3 Å². The van der Waals surface area contributed by atoms with Crippen molar-refractivity contribution in [3.63, 3.8) is 0 Å². The summed E-state index contributed by atoms with van der Waals surface area (Å²) in [5.41, 5.74) is 4.20. The molecule has 0 fully saturated rings. The summed E-state index contributed by atoms with van der Waals surface area (Å²) in [6.45, 7) is 6.62. The van der Waals surface area contributed by atoms with E-state index in [-0.39, 0.29) is 17.1 Å². The molecule has 0 N–H and O–H groups in total. The first-order valence-electron chi connectivity index (χ1n) is 12.7. The Balaban J connectivity index is 1.64. The highest BCUT2D eigenvalue weighted by atomic mass is 16.5. The average molecular weight is 514 g/mol. The van der Waals surface area contributed by atoms with Crippen molar-refractivity contribution in [1.29, 1.82) is 0 Å². The lowest BCUT2D eigenvalue weighted by Gasteiger charge is -2.26. The van der Waals surface area contributed by atoms with Crippen LogP contribution in [0.5, 0.6) is 17.2 Å². The summed E-state index contributed by atoms with van der Waals surface area (Å²) in [5, 5.41) is 0.481. The van der Waals surface area contributed by atoms with Gasteiger partial charge in [0.2, 0.25) is 5.76 Å². The lowest BCUT2D eigenvalue weighted by atomic mass is 9.97. The standard InChI is InChI=1S/C31H31NO6/c1-6-37-24-12-9-21(17-25(24)36-5)27-26-28(33)23-16-18(2)15-19(3)29(23)38-30(26)31(34)32(27)14-13-20-7-10-22(35-4)11-8-20/h7-12,15-17,27H,6,13-14H2,1-5H3. The molecule has 0 saturated carbocycles. The smallest absolute Gasteiger partial charge is 0.290 e. The van der Waals surface area contributed by atoms with Gasteiger partial charge in [-0.05, 0) is 79.8 Å². The molecule has 0 bridgehead atoms. The molecule has 5 rings (SSSR count). The van der Waals surface area contributed by atoms with E-state index in [0.29, 0.717) is 47.6 Å². The number of carbonyl (C=O) groups excluding carboxylic acids is 1. The van der Waals surface area contributed by atoms with Crippen LogP contribution in [0.4, 0.5) is 0 Å². The third kappa shape index (κ3) is 4.38. The number of fused-ring (bicyclic) bond motifs is 2. The fraction of sp³-hybridized carbons (Fsp3) is 0.290. The van der Waals surface area contributed by atoms with Crippen molar-refractivity contribution in [2.45, 2.75) is 33.2 Å². The molecule has 1 unspecified atom stereocenters. The highest BCUT2D eigenvalue weighted by Crippen LogP contribution is 2.41. The predicted molar refractivity (Wildman–Crippen MR) is 146 cm³/mol. The first-order chi connectivity index (χ1) is 18.4. The van der Waals surface area contributed by atoms with Crippen molar-refractivity contribution in [3.05, 3.63) is 98.4 Å². The molecule has 7 heteroatoms. The summed E-state index contributed by atoms with van der Waals surface area (Å²) in [5.74, 6) is 1.71. The number of carbonyl (C=O) groups is 1. The van der Waals surface area contributed by atoms with E-state index in [9.17, 15) is 9.59 Å². The molecule has 0 spiro atoms. The molecule has 1 atom stereocenters. The Morgan fingerprint density at radius 1 is 0.921 bits per heavy atom. The third-order valence-electron chi connectivity index (χ3n) is 7.00. The van der Waals surface area contributed by atoms with Gasteiger partial charge >= 0.3 is 0 Å². The maximum absolute atomic E-state index is 14.0. The van der Waals surface area contributed by atoms with Crippen molar-refractivity contribution in [2.75, 3.05) is 27.4 Å². The van der Waals surface area contributed by atoms with Crippen LogP contribution in [0.15, 0.2) is 63.8 Å². The minimum Gasteiger partial charge on any atom is -0.497 e. The van der Waals surface area contributed by atoms with Gasteiger partial charge < -0.3 is 23.5 Å². The number of benzene rings is 3. The van der Waals surface area contributed by atoms with E-state index in [2.05, 4.69) is 0 Å². The Bertz CT molecular complexity index is 1570. The van der Waals surface area contributed by atoms with Crippen LogP contribution in [0.25, 0.3) is 11.0 Å². The Labute approximate surface area is 221 Å². The van der Waals surface area contributed by atoms with E-state index in [1.165, 1.54) is 0 Å². The molecule has 0 radical (unpaired) electrons. The molecule has 4 aromatic rings. The Hall–Kier alpha value is -4.26. The fourth-order valence-corrected chi connectivity index (χ4v) is 5.22. The molecule has 1 aromatic heterocycles. The van der Waals surface area contributed by atoms with E-state index < -0.39 is 6.04 Å². The number of ether oxygens (including phenoxy) is 3. The molecule has 0 saturated heterocycles. The summed E-state index contributed by atoms with van der Waals surface area (Å²) in [7, 11) is 3.20. The van der Waals surface area contributed by atoms with Crippen molar-refractivity contribution in [1.82, 2.24) is 4.90 Å². The van der Waals surface area contributed by atoms with Gasteiger partial charge in [0, 0.05) is 6.54 Å². The number of methoxy groups -OCH3 is 2. The van der Waals surface area contributed by atoms with E-state index in [1.807, 2.05) is 75.4 Å². The number of hydrogen-bond donors (Lipinski definition) is 0. The number of amides is 1. The van der Waals surface area contributed by atoms with Crippen molar-refractivity contribution >= 4 is 16.9 Å². The van der Waals surface area contributed by atoms with Crippen molar-refractivity contribution < 1.29 is 23.4 Å². The molecular formula is C31H31NO6. The Morgan fingerprint density at radius 2 is 1.68 bits per heavy atom. The highest BCUT2D eigenvalue weighted by Gasteiger charge is 2.43. The quantitative estimate of drug-likeness (QED) is 0.305. The second-order valence-corrected chi connectivity index (χ2v) is 9.47. The van der Waals surface area contributed by atoms with Crippen molar-refractivity contribution in [3.8, 4) is 17.2 Å². The highest BCUT2D eigenvalue weighted by molar-refractivity contribution is 5.99. The van der Waals surface area contributed by atoms with Crippen LogP contribution in [-0.4, -0.2) is 38.2 Å². The van der Waals surface area contributed by atoms with Crippen LogP contribution >= 0.6 is 0 Å². The maximum atomic E-state index is 14.0. The summed E-state index contributed by atoms with van der Waals surface area (Å²) in [6.07, 6.45) is 0.597. The van der Waals surface area contributed by atoms with Gasteiger partial charge in [-0.25, -0.2) is 0 Å². The van der Waals surface area contributed by atoms with E-state index in [1.54, 1.807) is 19.1 Å². The van der Waals surface area contributed by atoms with Crippen LogP contribution in [-0.2, 0) is 6.42 Å². The summed E-state index contributed by atoms with van der Waals surface area (Å²) >= 11 is 0. The normalized spacial score (nSPS) is 14.6. The number of nitrogens with zero attached hydrogens (tertiary/aromatic N) is 1. The second kappa shape index (κ2) is 10.2. The third-order valence-corrected chi connectivity index (χ3v) is 7.00. The van der Waals surface area contributed by atoms with Gasteiger partial charge in [-0.3, -0.25) is 9.59 Å². The van der Waals surface area contributed by atoms with Crippen LogP contribution in [0.3, 0.4) is 0 Å². The van der Waals surface area contributed by atoms with E-state index in [0.717, 1.165) is 28.0 Å². The molecule has 1 aliphatic rings. The predicted octanol–water partition coefficient (Wildman–Crippen LogP) is 5.61. The maximum Gasteiger partial charge on any atom is 0.290 e. The SMILES string of the molecule is CCOc1ccc(C2c3c(oc4c(C)cc(C)cc4c3=O)C(=O)N2CCc2ccc(OC)cc2)cc1OC. The first kappa shape index (κ1) is 25.4. The lowest BCUT2D eigenvalue weighted by Crippen LogP contribution is -2.31. The monoisotopic (exact) mass is 513 g/mol. The van der Waals surface area contributed by atoms with E-state index >= 15 is 0 Å². The van der Waals surface area contributed by atoms with Crippen LogP contribution in [0.2, 0.25) is 0 Å². The molecular weight excluding hydrogens is 482 g/mol. The molecule has 7 nitrogen and oxygen atoms in total. The van der Waals surface area contributed by atoms with Crippen molar-refractivity contribution in [2.24, 2.45) is 0 Å². The minimum atomic E-state index is -0.623.